The summed E-state index contributed by atoms with van der Waals surface area (Å²) in [6.07, 6.45) is -3.32. The van der Waals surface area contributed by atoms with Gasteiger partial charge in [0.15, 0.2) is 9.84 Å². The van der Waals surface area contributed by atoms with Gasteiger partial charge in [-0.2, -0.15) is 13.2 Å². The van der Waals surface area contributed by atoms with Crippen molar-refractivity contribution in [2.45, 2.75) is 30.5 Å². The van der Waals surface area contributed by atoms with Crippen molar-refractivity contribution in [2.75, 3.05) is 13.3 Å². The summed E-state index contributed by atoms with van der Waals surface area (Å²) in [5.74, 6) is -0.255. The first-order chi connectivity index (χ1) is 12.4. The van der Waals surface area contributed by atoms with Crippen molar-refractivity contribution in [3.63, 3.8) is 0 Å². The molecule has 0 aromatic heterocycles. The van der Waals surface area contributed by atoms with Crippen molar-refractivity contribution in [2.24, 2.45) is 0 Å². The molecule has 0 saturated heterocycles. The molecule has 1 unspecified atom stereocenters. The molecule has 4 nitrogen and oxygen atoms in total. The van der Waals surface area contributed by atoms with E-state index < -0.39 is 21.6 Å². The third kappa shape index (κ3) is 5.32. The molecule has 0 saturated carbocycles. The van der Waals surface area contributed by atoms with Gasteiger partial charge in [0, 0.05) is 13.3 Å². The summed E-state index contributed by atoms with van der Waals surface area (Å²) in [4.78, 5) is 14.1. The van der Waals surface area contributed by atoms with Crippen LogP contribution in [-0.4, -0.2) is 32.5 Å². The molecule has 0 radical (unpaired) electrons. The lowest BCUT2D eigenvalue weighted by molar-refractivity contribution is -0.137. The Morgan fingerprint density at radius 2 is 1.56 bits per heavy atom. The van der Waals surface area contributed by atoms with E-state index in [0.717, 1.165) is 24.0 Å². The van der Waals surface area contributed by atoms with E-state index in [2.05, 4.69) is 0 Å². The quantitative estimate of drug-likeness (QED) is 0.767. The highest BCUT2D eigenvalue weighted by molar-refractivity contribution is 7.90. The van der Waals surface area contributed by atoms with E-state index in [1.165, 1.54) is 29.2 Å². The average molecular weight is 399 g/mol. The summed E-state index contributed by atoms with van der Waals surface area (Å²) in [5.41, 5.74) is 0.483. The van der Waals surface area contributed by atoms with Crippen LogP contribution in [0, 0.1) is 0 Å². The average Bonchev–Trinajstić information content (AvgIpc) is 2.59. The topological polar surface area (TPSA) is 54.5 Å². The SMILES string of the molecule is CC(c1ccc(S(C)(=O)=O)cc1)N(C)C(=O)Cc1ccc(C(F)(F)F)cc1. The summed E-state index contributed by atoms with van der Waals surface area (Å²) < 4.78 is 60.8. The van der Waals surface area contributed by atoms with Crippen molar-refractivity contribution in [1.29, 1.82) is 0 Å². The Morgan fingerprint density at radius 3 is 2.00 bits per heavy atom. The fraction of sp³-hybridized carbons (Fsp3) is 0.316. The number of halogens is 3. The van der Waals surface area contributed by atoms with Gasteiger partial charge in [-0.1, -0.05) is 24.3 Å². The summed E-state index contributed by atoms with van der Waals surface area (Å²) in [6.45, 7) is 1.79. The zero-order valence-corrected chi connectivity index (χ0v) is 15.9. The Balaban J connectivity index is 2.08. The summed E-state index contributed by atoms with van der Waals surface area (Å²) >= 11 is 0. The Labute approximate surface area is 156 Å². The normalized spacial score (nSPS) is 13.3. The first-order valence-corrected chi connectivity index (χ1v) is 10.0. The zero-order chi connectivity index (χ0) is 20.4. The van der Waals surface area contributed by atoms with Gasteiger partial charge in [0.1, 0.15) is 0 Å². The van der Waals surface area contributed by atoms with Crippen molar-refractivity contribution in [3.8, 4) is 0 Å². The van der Waals surface area contributed by atoms with Gasteiger partial charge in [-0.15, -0.1) is 0 Å². The minimum absolute atomic E-state index is 0.0274. The Morgan fingerprint density at radius 1 is 1.04 bits per heavy atom. The van der Waals surface area contributed by atoms with Crippen LogP contribution in [0.1, 0.15) is 29.7 Å². The zero-order valence-electron chi connectivity index (χ0n) is 15.1. The number of likely N-dealkylation sites (N-methyl/N-ethyl adjacent to an activating group) is 1. The number of alkyl halides is 3. The second kappa shape index (κ2) is 7.72. The third-order valence-corrected chi connectivity index (χ3v) is 5.53. The van der Waals surface area contributed by atoms with E-state index in [1.807, 2.05) is 0 Å². The Kier molecular flexibility index (Phi) is 5.99. The highest BCUT2D eigenvalue weighted by Gasteiger charge is 2.30. The monoisotopic (exact) mass is 399 g/mol. The van der Waals surface area contributed by atoms with Crippen LogP contribution in [0.3, 0.4) is 0 Å². The molecule has 0 aliphatic rings. The summed E-state index contributed by atoms with van der Waals surface area (Å²) in [6, 6.07) is 10.4. The number of rotatable bonds is 5. The second-order valence-corrected chi connectivity index (χ2v) is 8.41. The molecule has 0 aliphatic heterocycles. The van der Waals surface area contributed by atoms with Crippen LogP contribution in [-0.2, 0) is 27.2 Å². The molecular formula is C19H20F3NO3S. The largest absolute Gasteiger partial charge is 0.416 e. The third-order valence-electron chi connectivity index (χ3n) is 4.40. The van der Waals surface area contributed by atoms with E-state index in [-0.39, 0.29) is 23.3 Å². The standard InChI is InChI=1S/C19H20F3NO3S/c1-13(15-6-10-17(11-7-15)27(3,25)26)23(2)18(24)12-14-4-8-16(9-5-14)19(20,21)22/h4-11,13H,12H2,1-3H3. The Hall–Kier alpha value is -2.35. The van der Waals surface area contributed by atoms with Gasteiger partial charge < -0.3 is 4.90 Å². The van der Waals surface area contributed by atoms with Crippen LogP contribution in [0.5, 0.6) is 0 Å². The minimum atomic E-state index is -4.41. The van der Waals surface area contributed by atoms with E-state index in [9.17, 15) is 26.4 Å². The van der Waals surface area contributed by atoms with Gasteiger partial charge in [-0.25, -0.2) is 8.42 Å². The predicted molar refractivity (Wildman–Crippen MR) is 95.9 cm³/mol. The van der Waals surface area contributed by atoms with Crippen LogP contribution in [0.2, 0.25) is 0 Å². The fourth-order valence-corrected chi connectivity index (χ4v) is 3.17. The molecule has 0 bridgehead atoms. The lowest BCUT2D eigenvalue weighted by atomic mass is 10.1. The van der Waals surface area contributed by atoms with Gasteiger partial charge in [0.05, 0.1) is 22.9 Å². The second-order valence-electron chi connectivity index (χ2n) is 6.39. The van der Waals surface area contributed by atoms with E-state index in [0.29, 0.717) is 5.56 Å². The lowest BCUT2D eigenvalue weighted by Gasteiger charge is -2.25. The van der Waals surface area contributed by atoms with Crippen LogP contribution in [0.15, 0.2) is 53.4 Å². The highest BCUT2D eigenvalue weighted by atomic mass is 32.2. The predicted octanol–water partition coefficient (Wildman–Crippen LogP) is 3.87. The van der Waals surface area contributed by atoms with Crippen LogP contribution >= 0.6 is 0 Å². The van der Waals surface area contributed by atoms with E-state index in [4.69, 9.17) is 0 Å². The van der Waals surface area contributed by atoms with Gasteiger partial charge >= 0.3 is 6.18 Å². The van der Waals surface area contributed by atoms with E-state index in [1.54, 1.807) is 26.1 Å². The van der Waals surface area contributed by atoms with Crippen LogP contribution < -0.4 is 0 Å². The number of amides is 1. The number of benzene rings is 2. The molecule has 2 rings (SSSR count). The van der Waals surface area contributed by atoms with Gasteiger partial charge in [0.2, 0.25) is 5.91 Å². The van der Waals surface area contributed by atoms with Crippen molar-refractivity contribution >= 4 is 15.7 Å². The maximum atomic E-state index is 12.6. The lowest BCUT2D eigenvalue weighted by Crippen LogP contribution is -2.31. The van der Waals surface area contributed by atoms with E-state index >= 15 is 0 Å². The molecule has 0 spiro atoms. The number of hydrogen-bond donors (Lipinski definition) is 0. The molecule has 0 aliphatic carbocycles. The molecule has 0 heterocycles. The molecule has 2 aromatic carbocycles. The highest BCUT2D eigenvalue weighted by Crippen LogP contribution is 2.29. The van der Waals surface area contributed by atoms with Crippen molar-refractivity contribution in [1.82, 2.24) is 4.90 Å². The number of hydrogen-bond acceptors (Lipinski definition) is 3. The first kappa shape index (κ1) is 21.0. The number of nitrogens with zero attached hydrogens (tertiary/aromatic N) is 1. The molecule has 1 atom stereocenters. The van der Waals surface area contributed by atoms with Gasteiger partial charge in [-0.3, -0.25) is 4.79 Å². The molecule has 1 amide bonds. The molecule has 8 heteroatoms. The van der Waals surface area contributed by atoms with Gasteiger partial charge in [-0.05, 0) is 42.3 Å². The maximum Gasteiger partial charge on any atom is 0.416 e. The molecule has 0 fully saturated rings. The maximum absolute atomic E-state index is 12.6. The molecule has 2 aromatic rings. The van der Waals surface area contributed by atoms with Crippen molar-refractivity contribution < 1.29 is 26.4 Å². The van der Waals surface area contributed by atoms with Gasteiger partial charge in [0.25, 0.3) is 0 Å². The molecular weight excluding hydrogens is 379 g/mol. The molecule has 27 heavy (non-hydrogen) atoms. The fourth-order valence-electron chi connectivity index (χ4n) is 2.54. The number of carbonyl (C=O) groups is 1. The van der Waals surface area contributed by atoms with Crippen LogP contribution in [0.25, 0.3) is 0 Å². The summed E-state index contributed by atoms with van der Waals surface area (Å²) in [5, 5.41) is 0. The molecule has 146 valence electrons. The number of carbonyl (C=O) groups excluding carboxylic acids is 1. The number of sulfone groups is 1. The van der Waals surface area contributed by atoms with Crippen LogP contribution in [0.4, 0.5) is 13.2 Å². The minimum Gasteiger partial charge on any atom is -0.339 e. The molecule has 0 N–H and O–H groups in total. The first-order valence-electron chi connectivity index (χ1n) is 8.11. The Bertz CT molecular complexity index is 905. The summed E-state index contributed by atoms with van der Waals surface area (Å²) in [7, 11) is -1.70. The van der Waals surface area contributed by atoms with Crippen molar-refractivity contribution in [3.05, 3.63) is 65.2 Å². The smallest absolute Gasteiger partial charge is 0.339 e.